The van der Waals surface area contributed by atoms with Gasteiger partial charge in [-0.25, -0.2) is 17.9 Å². The minimum Gasteiger partial charge on any atom is -0.462 e. The molecule has 0 unspecified atom stereocenters. The number of rotatable bonds is 6. The molecule has 0 saturated carbocycles. The number of aromatic nitrogens is 2. The van der Waals surface area contributed by atoms with Crippen molar-refractivity contribution >= 4 is 27.3 Å². The number of thiophene rings is 1. The van der Waals surface area contributed by atoms with Gasteiger partial charge in [-0.3, -0.25) is 5.10 Å². The highest BCUT2D eigenvalue weighted by Gasteiger charge is 2.25. The van der Waals surface area contributed by atoms with Crippen molar-refractivity contribution in [1.29, 1.82) is 0 Å². The average molecular weight is 315 g/mol. The first-order valence-corrected chi connectivity index (χ1v) is 8.13. The van der Waals surface area contributed by atoms with E-state index in [4.69, 9.17) is 4.74 Å². The van der Waals surface area contributed by atoms with Crippen LogP contribution in [-0.4, -0.2) is 31.2 Å². The average Bonchev–Trinajstić information content (AvgIpc) is 3.08. The Bertz CT molecular complexity index is 676. The third-order valence-electron chi connectivity index (χ3n) is 2.38. The van der Waals surface area contributed by atoms with Gasteiger partial charge in [0.15, 0.2) is 5.03 Å². The maximum Gasteiger partial charge on any atom is 0.342 e. The molecule has 0 aliphatic heterocycles. The lowest BCUT2D eigenvalue weighted by atomic mass is 10.4. The Labute approximate surface area is 120 Å². The van der Waals surface area contributed by atoms with E-state index in [2.05, 4.69) is 14.9 Å². The van der Waals surface area contributed by atoms with Gasteiger partial charge in [0, 0.05) is 11.4 Å². The van der Waals surface area contributed by atoms with Crippen LogP contribution in [0, 0.1) is 0 Å². The van der Waals surface area contributed by atoms with Crippen LogP contribution in [0.4, 0.5) is 0 Å². The minimum atomic E-state index is -3.85. The lowest BCUT2D eigenvalue weighted by Crippen LogP contribution is -2.25. The highest BCUT2D eigenvalue weighted by Crippen LogP contribution is 2.15. The Morgan fingerprint density at radius 1 is 1.55 bits per heavy atom. The zero-order valence-electron chi connectivity index (χ0n) is 10.6. The van der Waals surface area contributed by atoms with Crippen molar-refractivity contribution in [3.8, 4) is 0 Å². The van der Waals surface area contributed by atoms with Crippen LogP contribution in [0.15, 0.2) is 28.7 Å². The van der Waals surface area contributed by atoms with Crippen molar-refractivity contribution in [3.05, 3.63) is 34.2 Å². The van der Waals surface area contributed by atoms with E-state index in [1.165, 1.54) is 11.3 Å². The Hall–Kier alpha value is -1.71. The zero-order chi connectivity index (χ0) is 14.6. The molecule has 0 radical (unpaired) electrons. The number of ether oxygens (including phenoxy) is 1. The summed E-state index contributed by atoms with van der Waals surface area (Å²) in [5.74, 6) is -0.724. The summed E-state index contributed by atoms with van der Waals surface area (Å²) < 4.78 is 31.5. The first-order valence-electron chi connectivity index (χ1n) is 5.77. The normalized spacial score (nSPS) is 11.4. The number of hydrogen-bond acceptors (Lipinski definition) is 6. The number of nitrogens with one attached hydrogen (secondary N) is 2. The van der Waals surface area contributed by atoms with Crippen LogP contribution in [-0.2, 0) is 21.3 Å². The molecule has 2 N–H and O–H groups in total. The van der Waals surface area contributed by atoms with Crippen LogP contribution < -0.4 is 4.72 Å². The van der Waals surface area contributed by atoms with Crippen molar-refractivity contribution in [1.82, 2.24) is 14.9 Å². The van der Waals surface area contributed by atoms with Gasteiger partial charge in [0.05, 0.1) is 12.8 Å². The topological polar surface area (TPSA) is 101 Å². The second kappa shape index (κ2) is 6.16. The molecule has 2 heterocycles. The predicted molar refractivity (Wildman–Crippen MR) is 72.9 cm³/mol. The summed E-state index contributed by atoms with van der Waals surface area (Å²) in [5, 5.41) is 7.48. The number of esters is 1. The molecule has 0 amide bonds. The van der Waals surface area contributed by atoms with Gasteiger partial charge >= 0.3 is 5.97 Å². The van der Waals surface area contributed by atoms with Crippen molar-refractivity contribution in [2.24, 2.45) is 0 Å². The lowest BCUT2D eigenvalue weighted by molar-refractivity contribution is 0.0522. The van der Waals surface area contributed by atoms with Crippen molar-refractivity contribution in [2.45, 2.75) is 18.5 Å². The van der Waals surface area contributed by atoms with Gasteiger partial charge in [-0.15, -0.1) is 11.3 Å². The summed E-state index contributed by atoms with van der Waals surface area (Å²) in [7, 11) is -3.85. The fourth-order valence-corrected chi connectivity index (χ4v) is 3.31. The monoisotopic (exact) mass is 315 g/mol. The van der Waals surface area contributed by atoms with Gasteiger partial charge in [0.25, 0.3) is 10.0 Å². The van der Waals surface area contributed by atoms with Gasteiger partial charge in [0.1, 0.15) is 5.56 Å². The van der Waals surface area contributed by atoms with Crippen molar-refractivity contribution in [3.63, 3.8) is 0 Å². The maximum absolute atomic E-state index is 12.1. The van der Waals surface area contributed by atoms with E-state index in [0.717, 1.165) is 11.1 Å². The van der Waals surface area contributed by atoms with Crippen LogP contribution in [0.1, 0.15) is 22.2 Å². The number of hydrogen-bond donors (Lipinski definition) is 2. The van der Waals surface area contributed by atoms with E-state index in [1.807, 2.05) is 17.5 Å². The molecule has 0 aliphatic carbocycles. The number of H-pyrrole nitrogens is 1. The van der Waals surface area contributed by atoms with Crippen LogP contribution in [0.5, 0.6) is 0 Å². The molecule has 0 spiro atoms. The second-order valence-electron chi connectivity index (χ2n) is 3.74. The molecular formula is C11H13N3O4S2. The van der Waals surface area contributed by atoms with E-state index in [9.17, 15) is 13.2 Å². The highest BCUT2D eigenvalue weighted by molar-refractivity contribution is 7.89. The summed E-state index contributed by atoms with van der Waals surface area (Å²) in [6.07, 6.45) is 1.14. The lowest BCUT2D eigenvalue weighted by Gasteiger charge is -2.05. The third-order valence-corrected chi connectivity index (χ3v) is 4.63. The minimum absolute atomic E-state index is 0.106. The molecule has 2 aromatic heterocycles. The molecule has 20 heavy (non-hydrogen) atoms. The van der Waals surface area contributed by atoms with Gasteiger partial charge in [-0.2, -0.15) is 5.10 Å². The van der Waals surface area contributed by atoms with Gasteiger partial charge in [-0.1, -0.05) is 6.07 Å². The van der Waals surface area contributed by atoms with Gasteiger partial charge in [0.2, 0.25) is 0 Å². The summed E-state index contributed by atoms with van der Waals surface area (Å²) in [4.78, 5) is 12.5. The Morgan fingerprint density at radius 2 is 2.35 bits per heavy atom. The SMILES string of the molecule is CCOC(=O)c1cn[nH]c1S(=O)(=O)NCc1cccs1. The molecule has 0 bridgehead atoms. The molecule has 0 aromatic carbocycles. The maximum atomic E-state index is 12.1. The predicted octanol–water partition coefficient (Wildman–Crippen LogP) is 1.13. The second-order valence-corrected chi connectivity index (χ2v) is 6.47. The molecule has 9 heteroatoms. The van der Waals surface area contributed by atoms with E-state index in [0.29, 0.717) is 0 Å². The number of carbonyl (C=O) groups is 1. The molecule has 0 saturated heterocycles. The van der Waals surface area contributed by atoms with E-state index < -0.39 is 16.0 Å². The van der Waals surface area contributed by atoms with Gasteiger partial charge in [-0.05, 0) is 18.4 Å². The van der Waals surface area contributed by atoms with Crippen LogP contribution in [0.2, 0.25) is 0 Å². The number of aromatic amines is 1. The Morgan fingerprint density at radius 3 is 3.00 bits per heavy atom. The number of carbonyl (C=O) groups excluding carboxylic acids is 1. The molecule has 108 valence electrons. The van der Waals surface area contributed by atoms with Crippen LogP contribution in [0.25, 0.3) is 0 Å². The molecular weight excluding hydrogens is 302 g/mol. The summed E-state index contributed by atoms with van der Waals surface area (Å²) in [6, 6.07) is 3.64. The van der Waals surface area contributed by atoms with Gasteiger partial charge < -0.3 is 4.74 Å². The third kappa shape index (κ3) is 3.24. The molecule has 7 nitrogen and oxygen atoms in total. The van der Waals surface area contributed by atoms with E-state index in [-0.39, 0.29) is 23.7 Å². The molecule has 2 rings (SSSR count). The summed E-state index contributed by atoms with van der Waals surface area (Å²) in [5.41, 5.74) is -0.106. The van der Waals surface area contributed by atoms with Crippen molar-refractivity contribution in [2.75, 3.05) is 6.61 Å². The molecule has 0 atom stereocenters. The smallest absolute Gasteiger partial charge is 0.342 e. The van der Waals surface area contributed by atoms with Crippen LogP contribution in [0.3, 0.4) is 0 Å². The Balaban J connectivity index is 2.17. The summed E-state index contributed by atoms with van der Waals surface area (Å²) >= 11 is 1.44. The highest BCUT2D eigenvalue weighted by atomic mass is 32.2. The summed E-state index contributed by atoms with van der Waals surface area (Å²) in [6.45, 7) is 1.95. The van der Waals surface area contributed by atoms with Crippen LogP contribution >= 0.6 is 11.3 Å². The first-order chi connectivity index (χ1) is 9.54. The number of nitrogens with zero attached hydrogens (tertiary/aromatic N) is 1. The van der Waals surface area contributed by atoms with Crippen molar-refractivity contribution < 1.29 is 17.9 Å². The fraction of sp³-hybridized carbons (Fsp3) is 0.273. The Kier molecular flexibility index (Phi) is 4.53. The van der Waals surface area contributed by atoms with E-state index in [1.54, 1.807) is 6.92 Å². The quantitative estimate of drug-likeness (QED) is 0.778. The molecule has 2 aromatic rings. The fourth-order valence-electron chi connectivity index (χ4n) is 1.48. The standard InChI is InChI=1S/C11H13N3O4S2/c1-2-18-11(15)9-7-12-14-10(9)20(16,17)13-6-8-4-3-5-19-8/h3-5,7,13H,2,6H2,1H3,(H,12,14). The zero-order valence-corrected chi connectivity index (χ0v) is 12.3. The number of sulfonamides is 1. The molecule has 0 aliphatic rings. The molecule has 0 fully saturated rings. The first kappa shape index (κ1) is 14.7. The largest absolute Gasteiger partial charge is 0.462 e. The van der Waals surface area contributed by atoms with E-state index >= 15 is 0 Å².